The average Bonchev–Trinajstić information content (AvgIpc) is 2.58. The summed E-state index contributed by atoms with van der Waals surface area (Å²) in [5.74, 6) is -1.34. The maximum absolute atomic E-state index is 13.2. The van der Waals surface area contributed by atoms with E-state index < -0.39 is 11.8 Å². The Bertz CT molecular complexity index is 740. The van der Waals surface area contributed by atoms with E-state index in [9.17, 15) is 14.0 Å². The molecular formula is C18H18ClFN2O3. The van der Waals surface area contributed by atoms with Gasteiger partial charge in [-0.05, 0) is 23.8 Å². The van der Waals surface area contributed by atoms with Gasteiger partial charge in [0.05, 0.1) is 25.2 Å². The highest BCUT2D eigenvalue weighted by Gasteiger charge is 2.16. The molecular weight excluding hydrogens is 347 g/mol. The second-order valence-corrected chi connectivity index (χ2v) is 5.79. The SMILES string of the molecule is COC(=O)CN(CC(=O)Nc1ccc(F)c(Cl)c1)Cc1ccccc1. The monoisotopic (exact) mass is 364 g/mol. The van der Waals surface area contributed by atoms with Crippen LogP contribution in [0.15, 0.2) is 48.5 Å². The molecule has 7 heteroatoms. The van der Waals surface area contributed by atoms with Crippen LogP contribution >= 0.6 is 11.6 Å². The van der Waals surface area contributed by atoms with Crippen molar-refractivity contribution in [3.63, 3.8) is 0 Å². The third-order valence-electron chi connectivity index (χ3n) is 3.40. The zero-order valence-electron chi connectivity index (χ0n) is 13.7. The Balaban J connectivity index is 2.02. The lowest BCUT2D eigenvalue weighted by atomic mass is 10.2. The van der Waals surface area contributed by atoms with Gasteiger partial charge in [-0.2, -0.15) is 0 Å². The lowest BCUT2D eigenvalue weighted by Gasteiger charge is -2.20. The van der Waals surface area contributed by atoms with Crippen molar-refractivity contribution in [2.75, 3.05) is 25.5 Å². The third-order valence-corrected chi connectivity index (χ3v) is 3.69. The van der Waals surface area contributed by atoms with Crippen molar-refractivity contribution in [2.24, 2.45) is 0 Å². The summed E-state index contributed by atoms with van der Waals surface area (Å²) in [5, 5.41) is 2.56. The summed E-state index contributed by atoms with van der Waals surface area (Å²) in [6.07, 6.45) is 0. The minimum atomic E-state index is -0.559. The summed E-state index contributed by atoms with van der Waals surface area (Å²) >= 11 is 5.70. The quantitative estimate of drug-likeness (QED) is 0.767. The van der Waals surface area contributed by atoms with E-state index in [1.54, 1.807) is 4.90 Å². The topological polar surface area (TPSA) is 58.6 Å². The second kappa shape index (κ2) is 9.15. The number of esters is 1. The van der Waals surface area contributed by atoms with Crippen LogP contribution in [0.5, 0.6) is 0 Å². The summed E-state index contributed by atoms with van der Waals surface area (Å²) < 4.78 is 17.8. The first-order valence-electron chi connectivity index (χ1n) is 7.56. The average molecular weight is 365 g/mol. The lowest BCUT2D eigenvalue weighted by molar-refractivity contribution is -0.142. The molecule has 0 saturated heterocycles. The number of amides is 1. The standard InChI is InChI=1S/C18H18ClFN2O3/c1-25-18(24)12-22(10-13-5-3-2-4-6-13)11-17(23)21-14-7-8-16(20)15(19)9-14/h2-9H,10-12H2,1H3,(H,21,23). The highest BCUT2D eigenvalue weighted by Crippen LogP contribution is 2.19. The number of rotatable bonds is 7. The number of benzene rings is 2. The highest BCUT2D eigenvalue weighted by molar-refractivity contribution is 6.31. The fourth-order valence-corrected chi connectivity index (χ4v) is 2.41. The van der Waals surface area contributed by atoms with Crippen LogP contribution in [0.3, 0.4) is 0 Å². The molecule has 1 N–H and O–H groups in total. The Labute approximate surface area is 150 Å². The largest absolute Gasteiger partial charge is 0.468 e. The van der Waals surface area contributed by atoms with Crippen molar-refractivity contribution in [1.29, 1.82) is 0 Å². The fourth-order valence-electron chi connectivity index (χ4n) is 2.23. The zero-order chi connectivity index (χ0) is 18.2. The first kappa shape index (κ1) is 18.9. The lowest BCUT2D eigenvalue weighted by Crippen LogP contribution is -2.37. The van der Waals surface area contributed by atoms with Crippen molar-refractivity contribution in [3.05, 3.63) is 64.9 Å². The van der Waals surface area contributed by atoms with E-state index in [2.05, 4.69) is 10.1 Å². The van der Waals surface area contributed by atoms with E-state index in [4.69, 9.17) is 11.6 Å². The summed E-state index contributed by atoms with van der Waals surface area (Å²) in [6, 6.07) is 13.4. The minimum Gasteiger partial charge on any atom is -0.468 e. The van der Waals surface area contributed by atoms with Gasteiger partial charge < -0.3 is 10.1 Å². The predicted molar refractivity (Wildman–Crippen MR) is 93.8 cm³/mol. The van der Waals surface area contributed by atoms with E-state index in [0.717, 1.165) is 5.56 Å². The number of hydrogen-bond donors (Lipinski definition) is 1. The number of anilines is 1. The van der Waals surface area contributed by atoms with Crippen molar-refractivity contribution < 1.29 is 18.7 Å². The maximum Gasteiger partial charge on any atom is 0.319 e. The molecule has 132 valence electrons. The van der Waals surface area contributed by atoms with Crippen LogP contribution in [0.1, 0.15) is 5.56 Å². The number of nitrogens with one attached hydrogen (secondary N) is 1. The first-order valence-corrected chi connectivity index (χ1v) is 7.93. The molecule has 0 spiro atoms. The summed E-state index contributed by atoms with van der Waals surface area (Å²) in [4.78, 5) is 25.5. The molecule has 0 atom stereocenters. The van der Waals surface area contributed by atoms with Gasteiger partial charge in [0.1, 0.15) is 5.82 Å². The molecule has 1 amide bonds. The van der Waals surface area contributed by atoms with E-state index in [1.165, 1.54) is 25.3 Å². The number of carbonyl (C=O) groups excluding carboxylic acids is 2. The van der Waals surface area contributed by atoms with Crippen LogP contribution in [-0.4, -0.2) is 37.0 Å². The van der Waals surface area contributed by atoms with Crippen LogP contribution in [-0.2, 0) is 20.9 Å². The Kier molecular flexibility index (Phi) is 6.91. The van der Waals surface area contributed by atoms with Crippen molar-refractivity contribution in [2.45, 2.75) is 6.54 Å². The first-order chi connectivity index (χ1) is 12.0. The van der Waals surface area contributed by atoms with Crippen molar-refractivity contribution in [3.8, 4) is 0 Å². The van der Waals surface area contributed by atoms with Gasteiger partial charge in [-0.25, -0.2) is 4.39 Å². The van der Waals surface area contributed by atoms with Crippen LogP contribution < -0.4 is 5.32 Å². The van der Waals surface area contributed by atoms with E-state index >= 15 is 0 Å². The molecule has 0 aliphatic carbocycles. The summed E-state index contributed by atoms with van der Waals surface area (Å²) in [7, 11) is 1.30. The van der Waals surface area contributed by atoms with Gasteiger partial charge in [0, 0.05) is 12.2 Å². The molecule has 2 aromatic rings. The molecule has 0 fully saturated rings. The van der Waals surface area contributed by atoms with Gasteiger partial charge in [-0.3, -0.25) is 14.5 Å². The third kappa shape index (κ3) is 6.17. The number of nitrogens with zero attached hydrogens (tertiary/aromatic N) is 1. The highest BCUT2D eigenvalue weighted by atomic mass is 35.5. The summed E-state index contributed by atoms with van der Waals surface area (Å²) in [5.41, 5.74) is 1.35. The zero-order valence-corrected chi connectivity index (χ0v) is 14.4. The predicted octanol–water partition coefficient (Wildman–Crippen LogP) is 3.09. The number of halogens is 2. The molecule has 25 heavy (non-hydrogen) atoms. The number of hydrogen-bond acceptors (Lipinski definition) is 4. The van der Waals surface area contributed by atoms with Crippen LogP contribution in [0.25, 0.3) is 0 Å². The van der Waals surface area contributed by atoms with Crippen LogP contribution in [0.4, 0.5) is 10.1 Å². The second-order valence-electron chi connectivity index (χ2n) is 5.38. The van der Waals surface area contributed by atoms with Gasteiger partial charge >= 0.3 is 5.97 Å². The molecule has 0 aliphatic rings. The van der Waals surface area contributed by atoms with Gasteiger partial charge in [0.2, 0.25) is 5.91 Å². The van der Waals surface area contributed by atoms with Crippen LogP contribution in [0, 0.1) is 5.82 Å². The molecule has 2 rings (SSSR count). The number of methoxy groups -OCH3 is 1. The smallest absolute Gasteiger partial charge is 0.319 e. The van der Waals surface area contributed by atoms with E-state index in [0.29, 0.717) is 12.2 Å². The molecule has 0 aromatic heterocycles. The molecule has 0 heterocycles. The molecule has 2 aromatic carbocycles. The Hall–Kier alpha value is -2.44. The van der Waals surface area contributed by atoms with Crippen LogP contribution in [0.2, 0.25) is 5.02 Å². The van der Waals surface area contributed by atoms with E-state index in [1.807, 2.05) is 30.3 Å². The van der Waals surface area contributed by atoms with Gasteiger partial charge in [0.25, 0.3) is 0 Å². The molecule has 0 unspecified atom stereocenters. The molecule has 5 nitrogen and oxygen atoms in total. The summed E-state index contributed by atoms with van der Waals surface area (Å²) in [6.45, 7) is 0.357. The minimum absolute atomic E-state index is 0.0248. The van der Waals surface area contributed by atoms with E-state index in [-0.39, 0.29) is 24.0 Å². The maximum atomic E-state index is 13.2. The molecule has 0 saturated carbocycles. The number of carbonyl (C=O) groups is 2. The molecule has 0 bridgehead atoms. The Morgan fingerprint density at radius 3 is 2.52 bits per heavy atom. The molecule has 0 aliphatic heterocycles. The van der Waals surface area contributed by atoms with Gasteiger partial charge in [-0.1, -0.05) is 41.9 Å². The van der Waals surface area contributed by atoms with Crippen molar-refractivity contribution in [1.82, 2.24) is 4.90 Å². The van der Waals surface area contributed by atoms with Crippen molar-refractivity contribution >= 4 is 29.2 Å². The Morgan fingerprint density at radius 1 is 1.16 bits per heavy atom. The fraction of sp³-hybridized carbons (Fsp3) is 0.222. The number of ether oxygens (including phenoxy) is 1. The molecule has 0 radical (unpaired) electrons. The Morgan fingerprint density at radius 2 is 1.88 bits per heavy atom. The van der Waals surface area contributed by atoms with Gasteiger partial charge in [-0.15, -0.1) is 0 Å². The normalized spacial score (nSPS) is 10.6. The van der Waals surface area contributed by atoms with Gasteiger partial charge in [0.15, 0.2) is 0 Å².